The summed E-state index contributed by atoms with van der Waals surface area (Å²) in [7, 11) is 0. The van der Waals surface area contributed by atoms with Crippen LogP contribution < -0.4 is 5.43 Å². The van der Waals surface area contributed by atoms with Gasteiger partial charge in [0.1, 0.15) is 17.2 Å². The molecule has 160 valence electrons. The molecule has 32 heavy (non-hydrogen) atoms. The molecule has 0 saturated carbocycles. The molecule has 0 radical (unpaired) electrons. The van der Waals surface area contributed by atoms with Crippen molar-refractivity contribution in [1.82, 2.24) is 4.90 Å². The van der Waals surface area contributed by atoms with E-state index in [1.54, 1.807) is 17.0 Å². The molecule has 6 heteroatoms. The summed E-state index contributed by atoms with van der Waals surface area (Å²) in [6, 6.07) is 16.5. The molecule has 1 aromatic heterocycles. The van der Waals surface area contributed by atoms with E-state index in [9.17, 15) is 18.4 Å². The third kappa shape index (κ3) is 3.28. The highest BCUT2D eigenvalue weighted by molar-refractivity contribution is 5.99. The second-order valence-corrected chi connectivity index (χ2v) is 7.87. The Balaban J connectivity index is 1.70. The van der Waals surface area contributed by atoms with Crippen LogP contribution in [0.2, 0.25) is 0 Å². The first kappa shape index (κ1) is 20.1. The highest BCUT2D eigenvalue weighted by Crippen LogP contribution is 2.39. The lowest BCUT2D eigenvalue weighted by atomic mass is 9.97. The predicted molar refractivity (Wildman–Crippen MR) is 116 cm³/mol. The first-order valence-corrected chi connectivity index (χ1v) is 10.4. The highest BCUT2D eigenvalue weighted by atomic mass is 19.1. The number of halogens is 2. The summed E-state index contributed by atoms with van der Waals surface area (Å²) < 4.78 is 33.1. The lowest BCUT2D eigenvalue weighted by Gasteiger charge is -2.25. The first-order chi connectivity index (χ1) is 15.5. The molecule has 3 aromatic carbocycles. The van der Waals surface area contributed by atoms with E-state index in [4.69, 9.17) is 4.42 Å². The van der Waals surface area contributed by atoms with E-state index in [1.165, 1.54) is 24.3 Å². The van der Waals surface area contributed by atoms with Crippen LogP contribution in [0.15, 0.2) is 75.9 Å². The molecule has 0 saturated heterocycles. The zero-order chi connectivity index (χ0) is 22.4. The highest BCUT2D eigenvalue weighted by Gasteiger charge is 2.42. The normalized spacial score (nSPS) is 15.4. The van der Waals surface area contributed by atoms with Gasteiger partial charge in [0, 0.05) is 6.54 Å². The number of carbonyl (C=O) groups is 1. The van der Waals surface area contributed by atoms with Gasteiger partial charge >= 0.3 is 0 Å². The minimum absolute atomic E-state index is 0.0409. The largest absolute Gasteiger partial charge is 0.450 e. The Morgan fingerprint density at radius 3 is 2.22 bits per heavy atom. The zero-order valence-electron chi connectivity index (χ0n) is 17.3. The van der Waals surface area contributed by atoms with E-state index >= 15 is 0 Å². The van der Waals surface area contributed by atoms with Crippen LogP contribution in [-0.4, -0.2) is 10.8 Å². The molecule has 2 heterocycles. The van der Waals surface area contributed by atoms with Gasteiger partial charge in [-0.1, -0.05) is 43.3 Å². The van der Waals surface area contributed by atoms with Gasteiger partial charge in [-0.2, -0.15) is 0 Å². The number of hydrogen-bond donors (Lipinski definition) is 0. The maximum Gasteiger partial charge on any atom is 0.291 e. The molecule has 5 rings (SSSR count). The molecule has 0 bridgehead atoms. The van der Waals surface area contributed by atoms with Crippen molar-refractivity contribution in [1.29, 1.82) is 0 Å². The summed E-state index contributed by atoms with van der Waals surface area (Å²) in [5.74, 6) is -1.40. The van der Waals surface area contributed by atoms with Crippen LogP contribution in [0, 0.1) is 11.6 Å². The quantitative estimate of drug-likeness (QED) is 0.436. The summed E-state index contributed by atoms with van der Waals surface area (Å²) >= 11 is 0. The van der Waals surface area contributed by atoms with Crippen LogP contribution >= 0.6 is 0 Å². The van der Waals surface area contributed by atoms with Gasteiger partial charge in [0.15, 0.2) is 5.43 Å². The second kappa shape index (κ2) is 7.71. The summed E-state index contributed by atoms with van der Waals surface area (Å²) in [4.78, 5) is 28.3. The fourth-order valence-electron chi connectivity index (χ4n) is 4.22. The van der Waals surface area contributed by atoms with Crippen molar-refractivity contribution >= 4 is 16.9 Å². The van der Waals surface area contributed by atoms with Gasteiger partial charge in [-0.05, 0) is 53.4 Å². The van der Waals surface area contributed by atoms with Crippen molar-refractivity contribution in [3.8, 4) is 0 Å². The molecular formula is C26H19F2NO3. The smallest absolute Gasteiger partial charge is 0.291 e. The molecule has 0 aliphatic carbocycles. The standard InChI is InChI=1S/C26H19F2NO3/c1-2-15-3-7-17(8-4-15)23-22-24(30)20-13-19(28)11-12-21(20)32-25(22)26(31)29(23)14-16-5-9-18(27)10-6-16/h3-13,23H,2,14H2,1H3. The van der Waals surface area contributed by atoms with E-state index in [0.29, 0.717) is 5.56 Å². The minimum atomic E-state index is -0.697. The number of rotatable bonds is 4. The third-order valence-corrected chi connectivity index (χ3v) is 5.90. The van der Waals surface area contributed by atoms with E-state index in [0.717, 1.165) is 23.6 Å². The van der Waals surface area contributed by atoms with Gasteiger partial charge in [-0.15, -0.1) is 0 Å². The molecule has 4 aromatic rings. The van der Waals surface area contributed by atoms with Crippen molar-refractivity contribution in [2.24, 2.45) is 0 Å². The number of carbonyl (C=O) groups excluding carboxylic acids is 1. The summed E-state index contributed by atoms with van der Waals surface area (Å²) in [6.07, 6.45) is 0.853. The van der Waals surface area contributed by atoms with Crippen molar-refractivity contribution in [3.63, 3.8) is 0 Å². The molecule has 4 nitrogen and oxygen atoms in total. The monoisotopic (exact) mass is 431 g/mol. The van der Waals surface area contributed by atoms with Crippen molar-refractivity contribution in [2.45, 2.75) is 25.9 Å². The Morgan fingerprint density at radius 1 is 0.875 bits per heavy atom. The second-order valence-electron chi connectivity index (χ2n) is 7.87. The fraction of sp³-hybridized carbons (Fsp3) is 0.154. The Morgan fingerprint density at radius 2 is 1.53 bits per heavy atom. The number of fused-ring (bicyclic) bond motifs is 2. The summed E-state index contributed by atoms with van der Waals surface area (Å²) in [5, 5.41) is 0.0929. The fourth-order valence-corrected chi connectivity index (χ4v) is 4.22. The van der Waals surface area contributed by atoms with E-state index in [1.807, 2.05) is 31.2 Å². The van der Waals surface area contributed by atoms with Gasteiger partial charge in [0.2, 0.25) is 5.76 Å². The number of aryl methyl sites for hydroxylation is 1. The topological polar surface area (TPSA) is 50.5 Å². The molecule has 1 aliphatic rings. The van der Waals surface area contributed by atoms with Gasteiger partial charge in [-0.3, -0.25) is 9.59 Å². The van der Waals surface area contributed by atoms with Crippen LogP contribution in [0.3, 0.4) is 0 Å². The van der Waals surface area contributed by atoms with Crippen molar-refractivity contribution < 1.29 is 18.0 Å². The maximum absolute atomic E-state index is 13.9. The predicted octanol–water partition coefficient (Wildman–Crippen LogP) is 5.38. The van der Waals surface area contributed by atoms with Crippen LogP contribution in [0.5, 0.6) is 0 Å². The molecule has 1 unspecified atom stereocenters. The molecule has 0 spiro atoms. The number of nitrogens with zero attached hydrogens (tertiary/aromatic N) is 1. The Hall–Kier alpha value is -3.80. The van der Waals surface area contributed by atoms with Crippen LogP contribution in [0.1, 0.15) is 45.8 Å². The van der Waals surface area contributed by atoms with E-state index in [-0.39, 0.29) is 34.7 Å². The number of amides is 1. The zero-order valence-corrected chi connectivity index (χ0v) is 17.3. The molecule has 1 atom stereocenters. The van der Waals surface area contributed by atoms with Gasteiger partial charge in [-0.25, -0.2) is 8.78 Å². The number of hydrogen-bond acceptors (Lipinski definition) is 3. The van der Waals surface area contributed by atoms with Gasteiger partial charge in [0.25, 0.3) is 5.91 Å². The molecule has 0 fully saturated rings. The Kier molecular flexibility index (Phi) is 4.85. The van der Waals surface area contributed by atoms with Crippen molar-refractivity contribution in [2.75, 3.05) is 0 Å². The lowest BCUT2D eigenvalue weighted by molar-refractivity contribution is 0.0714. The SMILES string of the molecule is CCc1ccc(C2c3c(oc4ccc(F)cc4c3=O)C(=O)N2Cc2ccc(F)cc2)cc1. The Bertz CT molecular complexity index is 1390. The minimum Gasteiger partial charge on any atom is -0.450 e. The third-order valence-electron chi connectivity index (χ3n) is 5.90. The van der Waals surface area contributed by atoms with Gasteiger partial charge < -0.3 is 9.32 Å². The average Bonchev–Trinajstić information content (AvgIpc) is 3.08. The molecular weight excluding hydrogens is 412 g/mol. The van der Waals surface area contributed by atoms with Crippen LogP contribution in [0.4, 0.5) is 8.78 Å². The molecule has 0 N–H and O–H groups in total. The lowest BCUT2D eigenvalue weighted by Crippen LogP contribution is -2.29. The van der Waals surface area contributed by atoms with Crippen LogP contribution in [-0.2, 0) is 13.0 Å². The molecule has 1 aliphatic heterocycles. The van der Waals surface area contributed by atoms with E-state index < -0.39 is 23.2 Å². The van der Waals surface area contributed by atoms with Crippen LogP contribution in [0.25, 0.3) is 11.0 Å². The Labute approximate surface area is 182 Å². The van der Waals surface area contributed by atoms with Crippen molar-refractivity contribution in [3.05, 3.63) is 117 Å². The van der Waals surface area contributed by atoms with Gasteiger partial charge in [0.05, 0.1) is 17.0 Å². The number of benzene rings is 3. The first-order valence-electron chi connectivity index (χ1n) is 10.4. The van der Waals surface area contributed by atoms with E-state index in [2.05, 4.69) is 0 Å². The summed E-state index contributed by atoms with van der Waals surface area (Å²) in [6.45, 7) is 2.20. The average molecular weight is 431 g/mol. The maximum atomic E-state index is 13.9. The molecule has 1 amide bonds. The summed E-state index contributed by atoms with van der Waals surface area (Å²) in [5.41, 5.74) is 2.51.